The van der Waals surface area contributed by atoms with Crippen molar-refractivity contribution in [3.63, 3.8) is 0 Å². The van der Waals surface area contributed by atoms with Gasteiger partial charge in [-0.1, -0.05) is 41.1 Å². The maximum atomic E-state index is 6.06. The van der Waals surface area contributed by atoms with Crippen LogP contribution in [0.15, 0.2) is 54.6 Å². The van der Waals surface area contributed by atoms with Crippen LogP contribution in [0.5, 0.6) is 0 Å². The van der Waals surface area contributed by atoms with Crippen molar-refractivity contribution in [3.05, 3.63) is 65.3 Å². The third-order valence-electron chi connectivity index (χ3n) is 3.61. The van der Waals surface area contributed by atoms with Gasteiger partial charge < -0.3 is 5.32 Å². The minimum Gasteiger partial charge on any atom is -0.330 e. The Hall–Kier alpha value is -2.77. The van der Waals surface area contributed by atoms with Gasteiger partial charge in [0.1, 0.15) is 0 Å². The lowest BCUT2D eigenvalue weighted by Gasteiger charge is -2.03. The van der Waals surface area contributed by atoms with Crippen molar-refractivity contribution in [2.24, 2.45) is 0 Å². The Labute approximate surface area is 153 Å². The summed E-state index contributed by atoms with van der Waals surface area (Å²) in [5.74, 6) is 0.550. The lowest BCUT2D eigenvalue weighted by molar-refractivity contribution is 0.785. The van der Waals surface area contributed by atoms with Gasteiger partial charge in [-0.2, -0.15) is 9.36 Å². The lowest BCUT2D eigenvalue weighted by atomic mass is 10.3. The summed E-state index contributed by atoms with van der Waals surface area (Å²) in [6.07, 6.45) is 0. The number of para-hydroxylation sites is 1. The lowest BCUT2D eigenvalue weighted by Crippen LogP contribution is -1.99. The molecule has 0 radical (unpaired) electrons. The van der Waals surface area contributed by atoms with Crippen LogP contribution in [0.25, 0.3) is 17.2 Å². The minimum absolute atomic E-state index is 0.550. The van der Waals surface area contributed by atoms with Crippen molar-refractivity contribution in [2.75, 3.05) is 5.32 Å². The molecule has 4 aromatic rings. The topological polar surface area (TPSA) is 68.5 Å². The van der Waals surface area contributed by atoms with E-state index in [4.69, 9.17) is 11.6 Å². The van der Waals surface area contributed by atoms with Crippen LogP contribution in [0.4, 0.5) is 10.8 Å². The first-order valence-corrected chi connectivity index (χ1v) is 8.70. The zero-order valence-corrected chi connectivity index (χ0v) is 14.8. The quantitative estimate of drug-likeness (QED) is 0.574. The number of anilines is 2. The Morgan fingerprint density at radius 2 is 1.92 bits per heavy atom. The van der Waals surface area contributed by atoms with E-state index >= 15 is 0 Å². The summed E-state index contributed by atoms with van der Waals surface area (Å²) in [6, 6.07) is 17.3. The Kier molecular flexibility index (Phi) is 4.17. The zero-order valence-electron chi connectivity index (χ0n) is 13.2. The summed E-state index contributed by atoms with van der Waals surface area (Å²) < 4.78 is 6.12. The van der Waals surface area contributed by atoms with E-state index in [2.05, 4.69) is 25.0 Å². The number of aromatic nitrogens is 5. The highest BCUT2D eigenvalue weighted by Crippen LogP contribution is 2.26. The number of benzene rings is 2. The van der Waals surface area contributed by atoms with E-state index in [1.807, 2.05) is 61.5 Å². The molecule has 0 fully saturated rings. The van der Waals surface area contributed by atoms with E-state index in [1.54, 1.807) is 4.68 Å². The Bertz CT molecular complexity index is 1010. The van der Waals surface area contributed by atoms with Crippen LogP contribution in [0, 0.1) is 6.92 Å². The Morgan fingerprint density at radius 3 is 2.72 bits per heavy atom. The van der Waals surface area contributed by atoms with Crippen LogP contribution in [0.2, 0.25) is 5.02 Å². The summed E-state index contributed by atoms with van der Waals surface area (Å²) in [7, 11) is 0. The first-order chi connectivity index (χ1) is 12.2. The summed E-state index contributed by atoms with van der Waals surface area (Å²) in [5.41, 5.74) is 3.31. The molecule has 0 aliphatic carbocycles. The average molecular weight is 369 g/mol. The van der Waals surface area contributed by atoms with Crippen LogP contribution < -0.4 is 5.32 Å². The van der Waals surface area contributed by atoms with Gasteiger partial charge in [0, 0.05) is 22.2 Å². The average Bonchev–Trinajstić information content (AvgIpc) is 3.22. The molecule has 0 amide bonds. The van der Waals surface area contributed by atoms with Crippen molar-refractivity contribution in [3.8, 4) is 17.2 Å². The van der Waals surface area contributed by atoms with Gasteiger partial charge in [-0.3, -0.25) is 0 Å². The predicted octanol–water partition coefficient (Wildman–Crippen LogP) is 4.49. The monoisotopic (exact) mass is 368 g/mol. The van der Waals surface area contributed by atoms with Crippen LogP contribution in [-0.4, -0.2) is 24.4 Å². The summed E-state index contributed by atoms with van der Waals surface area (Å²) in [6.45, 7) is 1.93. The highest BCUT2D eigenvalue weighted by atomic mass is 35.5. The van der Waals surface area contributed by atoms with E-state index in [1.165, 1.54) is 11.5 Å². The number of nitrogens with one attached hydrogen (secondary N) is 1. The van der Waals surface area contributed by atoms with E-state index in [0.29, 0.717) is 21.7 Å². The van der Waals surface area contributed by atoms with Gasteiger partial charge in [0.15, 0.2) is 11.5 Å². The van der Waals surface area contributed by atoms with Crippen molar-refractivity contribution in [1.29, 1.82) is 0 Å². The number of rotatable bonds is 4. The Balaban J connectivity index is 1.63. The molecule has 2 aromatic heterocycles. The number of halogens is 1. The van der Waals surface area contributed by atoms with Gasteiger partial charge in [-0.05, 0) is 37.3 Å². The predicted molar refractivity (Wildman–Crippen MR) is 99.7 cm³/mol. The summed E-state index contributed by atoms with van der Waals surface area (Å²) >= 11 is 7.34. The third-order valence-corrected chi connectivity index (χ3v) is 4.48. The van der Waals surface area contributed by atoms with Crippen molar-refractivity contribution >= 4 is 34.0 Å². The second-order valence-electron chi connectivity index (χ2n) is 5.33. The largest absolute Gasteiger partial charge is 0.330 e. The molecule has 0 aliphatic heterocycles. The van der Waals surface area contributed by atoms with Gasteiger partial charge >= 0.3 is 0 Å². The molecule has 124 valence electrons. The van der Waals surface area contributed by atoms with Gasteiger partial charge in [0.05, 0.1) is 11.4 Å². The van der Waals surface area contributed by atoms with Gasteiger partial charge in [-0.25, -0.2) is 4.68 Å². The van der Waals surface area contributed by atoms with Crippen molar-refractivity contribution in [2.45, 2.75) is 6.92 Å². The molecule has 0 spiro atoms. The highest BCUT2D eigenvalue weighted by Gasteiger charge is 2.16. The van der Waals surface area contributed by atoms with Gasteiger partial charge in [0.25, 0.3) is 0 Å². The second-order valence-corrected chi connectivity index (χ2v) is 6.52. The Morgan fingerprint density at radius 1 is 1.08 bits per heavy atom. The molecule has 2 heterocycles. The van der Waals surface area contributed by atoms with E-state index in [-0.39, 0.29) is 0 Å². The number of hydrogen-bond donors (Lipinski definition) is 1. The van der Waals surface area contributed by atoms with Crippen LogP contribution in [-0.2, 0) is 0 Å². The molecule has 0 aliphatic rings. The fourth-order valence-corrected chi connectivity index (χ4v) is 3.18. The van der Waals surface area contributed by atoms with Crippen LogP contribution in [0.3, 0.4) is 0 Å². The van der Waals surface area contributed by atoms with E-state index in [9.17, 15) is 0 Å². The summed E-state index contributed by atoms with van der Waals surface area (Å²) in [5, 5.41) is 13.0. The molecule has 0 saturated heterocycles. The van der Waals surface area contributed by atoms with Gasteiger partial charge in [-0.15, -0.1) is 5.10 Å². The summed E-state index contributed by atoms with van der Waals surface area (Å²) in [4.78, 5) is 4.52. The highest BCUT2D eigenvalue weighted by molar-refractivity contribution is 7.09. The maximum absolute atomic E-state index is 6.06. The van der Waals surface area contributed by atoms with Gasteiger partial charge in [0.2, 0.25) is 5.13 Å². The molecule has 4 rings (SSSR count). The van der Waals surface area contributed by atoms with Crippen molar-refractivity contribution < 1.29 is 0 Å². The SMILES string of the molecule is Cc1c(-c2nsc(Nc3ccccc3)n2)nnn1-c1cccc(Cl)c1. The normalized spacial score (nSPS) is 10.8. The van der Waals surface area contributed by atoms with Crippen molar-refractivity contribution in [1.82, 2.24) is 24.4 Å². The smallest absolute Gasteiger partial charge is 0.207 e. The molecule has 2 aromatic carbocycles. The molecule has 25 heavy (non-hydrogen) atoms. The first-order valence-electron chi connectivity index (χ1n) is 7.55. The molecular formula is C17H13ClN6S. The molecule has 6 nitrogen and oxygen atoms in total. The standard InChI is InChI=1S/C17H13ClN6S/c1-11-15(21-23-24(11)14-9-5-6-12(18)10-14)16-20-17(25-22-16)19-13-7-3-2-4-8-13/h2-10H,1H3,(H,19,20,22). The van der Waals surface area contributed by atoms with Crippen LogP contribution >= 0.6 is 23.1 Å². The van der Waals surface area contributed by atoms with E-state index in [0.717, 1.165) is 17.1 Å². The fraction of sp³-hybridized carbons (Fsp3) is 0.0588. The molecule has 1 N–H and O–H groups in total. The fourth-order valence-electron chi connectivity index (χ4n) is 2.40. The molecule has 0 atom stereocenters. The molecule has 8 heteroatoms. The van der Waals surface area contributed by atoms with E-state index < -0.39 is 0 Å². The molecule has 0 unspecified atom stereocenters. The van der Waals surface area contributed by atoms with Crippen LogP contribution in [0.1, 0.15) is 5.69 Å². The third kappa shape index (κ3) is 3.24. The number of nitrogens with zero attached hydrogens (tertiary/aromatic N) is 5. The zero-order chi connectivity index (χ0) is 17.2. The molecular weight excluding hydrogens is 356 g/mol. The minimum atomic E-state index is 0.550. The molecule has 0 saturated carbocycles. The first kappa shape index (κ1) is 15.7. The second kappa shape index (κ2) is 6.62. The number of hydrogen-bond acceptors (Lipinski definition) is 6. The maximum Gasteiger partial charge on any atom is 0.207 e. The molecule has 0 bridgehead atoms.